The molecule has 2 aromatic carbocycles. The zero-order valence-electron chi connectivity index (χ0n) is 15.8. The molecule has 0 saturated carbocycles. The molecule has 0 atom stereocenters. The summed E-state index contributed by atoms with van der Waals surface area (Å²) in [6.45, 7) is 3.31. The molecular weight excluding hydrogens is 376 g/mol. The van der Waals surface area contributed by atoms with Gasteiger partial charge in [0, 0.05) is 11.4 Å². The molecule has 144 valence electrons. The van der Waals surface area contributed by atoms with Crippen molar-refractivity contribution in [2.45, 2.75) is 37.6 Å². The molecule has 2 aromatic rings. The quantitative estimate of drug-likeness (QED) is 0.359. The van der Waals surface area contributed by atoms with Crippen LogP contribution < -0.4 is 15.4 Å². The van der Waals surface area contributed by atoms with Gasteiger partial charge in [-0.3, -0.25) is 10.1 Å². The summed E-state index contributed by atoms with van der Waals surface area (Å²) in [5.41, 5.74) is 1.59. The monoisotopic (exact) mass is 402 g/mol. The normalized spacial score (nSPS) is 10.3. The number of thiocarbonyl (C=S) groups is 1. The van der Waals surface area contributed by atoms with E-state index in [0.29, 0.717) is 29.6 Å². The lowest BCUT2D eigenvalue weighted by Crippen LogP contribution is -2.39. The van der Waals surface area contributed by atoms with Gasteiger partial charge in [-0.15, -0.1) is 11.8 Å². The Hall–Kier alpha value is -2.05. The first-order valence-electron chi connectivity index (χ1n) is 9.08. The Balaban J connectivity index is 1.87. The van der Waals surface area contributed by atoms with Crippen molar-refractivity contribution in [3.8, 4) is 5.75 Å². The minimum atomic E-state index is -0.267. The van der Waals surface area contributed by atoms with Gasteiger partial charge in [0.1, 0.15) is 5.75 Å². The topological polar surface area (TPSA) is 50.4 Å². The van der Waals surface area contributed by atoms with Gasteiger partial charge in [0.15, 0.2) is 5.11 Å². The number of para-hydroxylation sites is 1. The summed E-state index contributed by atoms with van der Waals surface area (Å²) in [6, 6.07) is 15.5. The van der Waals surface area contributed by atoms with E-state index in [9.17, 15) is 4.79 Å². The van der Waals surface area contributed by atoms with E-state index < -0.39 is 0 Å². The van der Waals surface area contributed by atoms with Crippen LogP contribution in [0, 0.1) is 0 Å². The first-order valence-corrected chi connectivity index (χ1v) is 10.7. The maximum Gasteiger partial charge on any atom is 0.261 e. The second-order valence-electron chi connectivity index (χ2n) is 6.04. The highest BCUT2D eigenvalue weighted by atomic mass is 32.2. The lowest BCUT2D eigenvalue weighted by Gasteiger charge is -2.13. The molecule has 0 unspecified atom stereocenters. The molecular formula is C21H26N2O2S2. The Kier molecular flexibility index (Phi) is 9.15. The predicted molar refractivity (Wildman–Crippen MR) is 117 cm³/mol. The van der Waals surface area contributed by atoms with Crippen LogP contribution in [0.2, 0.25) is 0 Å². The summed E-state index contributed by atoms with van der Waals surface area (Å²) in [4.78, 5) is 13.8. The van der Waals surface area contributed by atoms with E-state index >= 15 is 0 Å². The number of thioether (sulfide) groups is 1. The van der Waals surface area contributed by atoms with Crippen LogP contribution in [0.3, 0.4) is 0 Å². The highest BCUT2D eigenvalue weighted by Gasteiger charge is 2.13. The summed E-state index contributed by atoms with van der Waals surface area (Å²) in [5, 5.41) is 6.10. The van der Waals surface area contributed by atoms with Gasteiger partial charge in [-0.25, -0.2) is 0 Å². The van der Waals surface area contributed by atoms with Crippen LogP contribution >= 0.6 is 24.0 Å². The average Bonchev–Trinajstić information content (AvgIpc) is 2.70. The molecule has 0 aliphatic carbocycles. The van der Waals surface area contributed by atoms with Crippen LogP contribution in [0.1, 0.15) is 42.1 Å². The average molecular weight is 403 g/mol. The Labute approximate surface area is 171 Å². The standard InChI is InChI=1S/C21H26N2O2S2/c1-3-4-7-14-25-19-9-6-5-8-18(19)20(24)23-21(26)22-15-16-10-12-17(27-2)13-11-16/h5-6,8-13H,3-4,7,14-15H2,1-2H3,(H2,22,23,24,26). The van der Waals surface area contributed by atoms with Gasteiger partial charge in [-0.1, -0.05) is 44.0 Å². The summed E-state index contributed by atoms with van der Waals surface area (Å²) in [5.74, 6) is 0.317. The van der Waals surface area contributed by atoms with E-state index in [1.807, 2.05) is 36.6 Å². The Morgan fingerprint density at radius 2 is 1.85 bits per heavy atom. The summed E-state index contributed by atoms with van der Waals surface area (Å²) in [7, 11) is 0. The van der Waals surface area contributed by atoms with Gasteiger partial charge < -0.3 is 10.1 Å². The van der Waals surface area contributed by atoms with Crippen molar-refractivity contribution in [3.63, 3.8) is 0 Å². The van der Waals surface area contributed by atoms with Crippen molar-refractivity contribution in [2.24, 2.45) is 0 Å². The number of unbranched alkanes of at least 4 members (excludes halogenated alkanes) is 2. The molecule has 0 heterocycles. The van der Waals surface area contributed by atoms with Gasteiger partial charge in [0.25, 0.3) is 5.91 Å². The summed E-state index contributed by atoms with van der Waals surface area (Å²) >= 11 is 6.96. The van der Waals surface area contributed by atoms with E-state index in [2.05, 4.69) is 29.7 Å². The Morgan fingerprint density at radius 3 is 2.56 bits per heavy atom. The van der Waals surface area contributed by atoms with Crippen LogP contribution in [-0.4, -0.2) is 23.9 Å². The number of carbonyl (C=O) groups is 1. The van der Waals surface area contributed by atoms with Crippen molar-refractivity contribution >= 4 is 35.0 Å². The summed E-state index contributed by atoms with van der Waals surface area (Å²) in [6.07, 6.45) is 5.26. The first kappa shape index (κ1) is 21.3. The molecule has 27 heavy (non-hydrogen) atoms. The number of hydrogen-bond donors (Lipinski definition) is 2. The predicted octanol–water partition coefficient (Wildman–Crippen LogP) is 4.78. The fourth-order valence-corrected chi connectivity index (χ4v) is 3.03. The fourth-order valence-electron chi connectivity index (χ4n) is 2.45. The zero-order chi connectivity index (χ0) is 19.5. The number of benzene rings is 2. The SMILES string of the molecule is CCCCCOc1ccccc1C(=O)NC(=S)NCc1ccc(SC)cc1. The maximum atomic E-state index is 12.5. The van der Waals surface area contributed by atoms with Gasteiger partial charge in [-0.05, 0) is 54.7 Å². The largest absolute Gasteiger partial charge is 0.493 e. The maximum absolute atomic E-state index is 12.5. The zero-order valence-corrected chi connectivity index (χ0v) is 17.4. The third-order valence-corrected chi connectivity index (χ3v) is 4.97. The second kappa shape index (κ2) is 11.6. The minimum Gasteiger partial charge on any atom is -0.493 e. The molecule has 0 aliphatic heterocycles. The Morgan fingerprint density at radius 1 is 1.11 bits per heavy atom. The number of amides is 1. The Bertz CT molecular complexity index is 748. The van der Waals surface area contributed by atoms with Crippen LogP contribution in [0.4, 0.5) is 0 Å². The molecule has 0 fully saturated rings. The molecule has 0 bridgehead atoms. The molecule has 0 aliphatic rings. The van der Waals surface area contributed by atoms with E-state index in [1.165, 1.54) is 4.90 Å². The third-order valence-electron chi connectivity index (χ3n) is 3.98. The highest BCUT2D eigenvalue weighted by Crippen LogP contribution is 2.18. The molecule has 1 amide bonds. The molecule has 0 aromatic heterocycles. The molecule has 0 spiro atoms. The number of nitrogens with one attached hydrogen (secondary N) is 2. The fraction of sp³-hybridized carbons (Fsp3) is 0.333. The number of rotatable bonds is 9. The lowest BCUT2D eigenvalue weighted by molar-refractivity contribution is 0.0972. The van der Waals surface area contributed by atoms with Crippen LogP contribution in [0.5, 0.6) is 5.75 Å². The van der Waals surface area contributed by atoms with Crippen molar-refractivity contribution in [2.75, 3.05) is 12.9 Å². The van der Waals surface area contributed by atoms with Gasteiger partial charge in [0.05, 0.1) is 12.2 Å². The molecule has 4 nitrogen and oxygen atoms in total. The van der Waals surface area contributed by atoms with Crippen LogP contribution in [0.25, 0.3) is 0 Å². The van der Waals surface area contributed by atoms with Gasteiger partial charge in [0.2, 0.25) is 0 Å². The van der Waals surface area contributed by atoms with Gasteiger partial charge in [-0.2, -0.15) is 0 Å². The minimum absolute atomic E-state index is 0.267. The molecule has 0 radical (unpaired) electrons. The van der Waals surface area contributed by atoms with E-state index in [-0.39, 0.29) is 5.91 Å². The van der Waals surface area contributed by atoms with Gasteiger partial charge >= 0.3 is 0 Å². The van der Waals surface area contributed by atoms with Crippen LogP contribution in [-0.2, 0) is 6.54 Å². The number of ether oxygens (including phenoxy) is 1. The molecule has 0 saturated heterocycles. The molecule has 6 heteroatoms. The third kappa shape index (κ3) is 7.23. The van der Waals surface area contributed by atoms with Crippen molar-refractivity contribution in [1.82, 2.24) is 10.6 Å². The van der Waals surface area contributed by atoms with Crippen molar-refractivity contribution < 1.29 is 9.53 Å². The summed E-state index contributed by atoms with van der Waals surface area (Å²) < 4.78 is 5.77. The molecule has 2 rings (SSSR count). The van der Waals surface area contributed by atoms with E-state index in [0.717, 1.165) is 24.8 Å². The molecule has 2 N–H and O–H groups in total. The lowest BCUT2D eigenvalue weighted by atomic mass is 10.2. The smallest absolute Gasteiger partial charge is 0.261 e. The van der Waals surface area contributed by atoms with Crippen molar-refractivity contribution in [3.05, 3.63) is 59.7 Å². The second-order valence-corrected chi connectivity index (χ2v) is 7.32. The number of carbonyl (C=O) groups excluding carboxylic acids is 1. The van der Waals surface area contributed by atoms with E-state index in [4.69, 9.17) is 17.0 Å². The van der Waals surface area contributed by atoms with Crippen LogP contribution in [0.15, 0.2) is 53.4 Å². The van der Waals surface area contributed by atoms with E-state index in [1.54, 1.807) is 17.8 Å². The number of hydrogen-bond acceptors (Lipinski definition) is 4. The first-order chi connectivity index (χ1) is 13.1. The van der Waals surface area contributed by atoms with Crippen molar-refractivity contribution in [1.29, 1.82) is 0 Å². The highest BCUT2D eigenvalue weighted by molar-refractivity contribution is 7.98.